The summed E-state index contributed by atoms with van der Waals surface area (Å²) in [5.74, 6) is 0.142. The molecule has 0 saturated heterocycles. The maximum absolute atomic E-state index is 12.2. The molecule has 0 aliphatic carbocycles. The van der Waals surface area contributed by atoms with Gasteiger partial charge >= 0.3 is 0 Å². The fraction of sp³-hybridized carbons (Fsp3) is 0.250. The summed E-state index contributed by atoms with van der Waals surface area (Å²) >= 11 is 1.42. The number of imidazole rings is 1. The van der Waals surface area contributed by atoms with Gasteiger partial charge in [0.05, 0.1) is 11.2 Å². The second-order valence-corrected chi connectivity index (χ2v) is 7.34. The lowest BCUT2D eigenvalue weighted by atomic mass is 10.4. The van der Waals surface area contributed by atoms with Gasteiger partial charge in [-0.05, 0) is 30.5 Å². The van der Waals surface area contributed by atoms with Crippen LogP contribution in [-0.2, 0) is 10.0 Å². The van der Waals surface area contributed by atoms with Crippen molar-refractivity contribution in [2.24, 2.45) is 0 Å². The van der Waals surface area contributed by atoms with E-state index in [4.69, 9.17) is 4.52 Å². The van der Waals surface area contributed by atoms with Gasteiger partial charge in [0.1, 0.15) is 0 Å². The number of nitrogens with zero attached hydrogens (tertiary/aromatic N) is 4. The van der Waals surface area contributed by atoms with Gasteiger partial charge in [0.25, 0.3) is 21.9 Å². The minimum atomic E-state index is -3.85. The second kappa shape index (κ2) is 5.54. The van der Waals surface area contributed by atoms with E-state index >= 15 is 0 Å². The first-order valence-electron chi connectivity index (χ1n) is 6.39. The molecule has 0 saturated carbocycles. The van der Waals surface area contributed by atoms with Crippen LogP contribution < -0.4 is 4.72 Å². The van der Waals surface area contributed by atoms with Crippen molar-refractivity contribution in [2.75, 3.05) is 4.72 Å². The molecule has 0 bridgehead atoms. The molecule has 0 amide bonds. The molecule has 8 nitrogen and oxygen atoms in total. The summed E-state index contributed by atoms with van der Waals surface area (Å²) in [5, 5.41) is 5.39. The molecule has 0 aliphatic rings. The molecule has 0 aromatic carbocycles. The first kappa shape index (κ1) is 14.7. The minimum absolute atomic E-state index is 0.0938. The van der Waals surface area contributed by atoms with Crippen molar-refractivity contribution in [3.05, 3.63) is 30.0 Å². The summed E-state index contributed by atoms with van der Waals surface area (Å²) in [5.41, 5.74) is 0. The number of sulfonamides is 1. The summed E-state index contributed by atoms with van der Waals surface area (Å²) in [6, 6.07) is 3.76. The molecule has 3 aromatic rings. The Morgan fingerprint density at radius 1 is 1.41 bits per heavy atom. The standard InChI is InChI=1S/C12H13N5O3S2/c1-8(2)17-6-10(13-7-17)22(18,19)16-12-14-11(20-15-12)9-4-3-5-21-9/h3-8H,1-2H3,(H,15,16). The van der Waals surface area contributed by atoms with E-state index in [1.54, 1.807) is 10.6 Å². The molecule has 3 rings (SSSR count). The lowest BCUT2D eigenvalue weighted by molar-refractivity contribution is 0.434. The Morgan fingerprint density at radius 3 is 2.86 bits per heavy atom. The summed E-state index contributed by atoms with van der Waals surface area (Å²) < 4.78 is 33.4. The van der Waals surface area contributed by atoms with E-state index in [0.717, 1.165) is 4.88 Å². The monoisotopic (exact) mass is 339 g/mol. The fourth-order valence-electron chi connectivity index (χ4n) is 1.68. The molecule has 3 heterocycles. The van der Waals surface area contributed by atoms with E-state index in [-0.39, 0.29) is 22.9 Å². The number of thiophene rings is 1. The van der Waals surface area contributed by atoms with E-state index in [1.807, 2.05) is 25.3 Å². The molecule has 0 unspecified atom stereocenters. The lowest BCUT2D eigenvalue weighted by Gasteiger charge is -2.04. The Morgan fingerprint density at radius 2 is 2.23 bits per heavy atom. The van der Waals surface area contributed by atoms with Crippen molar-refractivity contribution in [1.82, 2.24) is 19.7 Å². The van der Waals surface area contributed by atoms with Gasteiger partial charge in [-0.25, -0.2) is 9.71 Å². The molecule has 0 aliphatic heterocycles. The molecule has 0 radical (unpaired) electrons. The van der Waals surface area contributed by atoms with Gasteiger partial charge in [0.15, 0.2) is 5.03 Å². The number of nitrogens with one attached hydrogen (secondary N) is 1. The van der Waals surface area contributed by atoms with Gasteiger partial charge in [0.2, 0.25) is 0 Å². The number of hydrogen-bond acceptors (Lipinski definition) is 7. The maximum atomic E-state index is 12.2. The van der Waals surface area contributed by atoms with Crippen molar-refractivity contribution < 1.29 is 12.9 Å². The molecule has 1 N–H and O–H groups in total. The highest BCUT2D eigenvalue weighted by Gasteiger charge is 2.21. The number of anilines is 1. The topological polar surface area (TPSA) is 103 Å². The summed E-state index contributed by atoms with van der Waals surface area (Å²) in [6.07, 6.45) is 2.92. The Bertz CT molecular complexity index is 864. The van der Waals surface area contributed by atoms with Gasteiger partial charge in [-0.1, -0.05) is 6.07 Å². The van der Waals surface area contributed by atoms with Crippen LogP contribution in [0.15, 0.2) is 39.6 Å². The van der Waals surface area contributed by atoms with Crippen LogP contribution in [0.4, 0.5) is 5.95 Å². The zero-order valence-corrected chi connectivity index (χ0v) is 13.4. The molecule has 3 aromatic heterocycles. The van der Waals surface area contributed by atoms with Gasteiger partial charge in [-0.15, -0.1) is 11.3 Å². The largest absolute Gasteiger partial charge is 0.334 e. The third kappa shape index (κ3) is 2.88. The fourth-order valence-corrected chi connectivity index (χ4v) is 3.20. The van der Waals surface area contributed by atoms with Crippen molar-refractivity contribution in [3.63, 3.8) is 0 Å². The summed E-state index contributed by atoms with van der Waals surface area (Å²) in [7, 11) is -3.85. The molecular formula is C12H13N5O3S2. The van der Waals surface area contributed by atoms with Crippen LogP contribution in [0.1, 0.15) is 19.9 Å². The number of rotatable bonds is 5. The molecule has 0 fully saturated rings. The van der Waals surface area contributed by atoms with Crippen molar-refractivity contribution >= 4 is 27.3 Å². The SMILES string of the molecule is CC(C)n1cnc(S(=O)(=O)Nc2noc(-c3cccs3)n2)c1. The maximum Gasteiger partial charge on any atom is 0.283 e. The smallest absolute Gasteiger partial charge is 0.283 e. The Kier molecular flexibility index (Phi) is 3.71. The average molecular weight is 339 g/mol. The van der Waals surface area contributed by atoms with Gasteiger partial charge in [0, 0.05) is 12.2 Å². The highest BCUT2D eigenvalue weighted by molar-refractivity contribution is 7.92. The molecular weight excluding hydrogens is 326 g/mol. The highest BCUT2D eigenvalue weighted by Crippen LogP contribution is 2.24. The number of hydrogen-bond donors (Lipinski definition) is 1. The van der Waals surface area contributed by atoms with Crippen LogP contribution in [0.25, 0.3) is 10.8 Å². The third-order valence-corrected chi connectivity index (χ3v) is 4.90. The van der Waals surface area contributed by atoms with Crippen molar-refractivity contribution in [3.8, 4) is 10.8 Å². The average Bonchev–Trinajstić information content (AvgIpc) is 3.19. The van der Waals surface area contributed by atoms with Crippen molar-refractivity contribution in [1.29, 1.82) is 0 Å². The molecule has 0 atom stereocenters. The van der Waals surface area contributed by atoms with E-state index in [2.05, 4.69) is 19.8 Å². The summed E-state index contributed by atoms with van der Waals surface area (Å²) in [6.45, 7) is 3.86. The van der Waals surface area contributed by atoms with Crippen LogP contribution in [0.2, 0.25) is 0 Å². The predicted molar refractivity (Wildman–Crippen MR) is 81.0 cm³/mol. The van der Waals surface area contributed by atoms with E-state index in [1.165, 1.54) is 23.9 Å². The normalized spacial score (nSPS) is 12.0. The van der Waals surface area contributed by atoms with Crippen molar-refractivity contribution in [2.45, 2.75) is 24.9 Å². The minimum Gasteiger partial charge on any atom is -0.334 e. The number of aromatic nitrogens is 4. The van der Waals surface area contributed by atoms with Gasteiger partial charge in [-0.2, -0.15) is 13.4 Å². The Labute approximate surface area is 130 Å². The molecule has 0 spiro atoms. The van der Waals surface area contributed by atoms with Gasteiger partial charge in [-0.3, -0.25) is 0 Å². The zero-order valence-electron chi connectivity index (χ0n) is 11.8. The molecule has 22 heavy (non-hydrogen) atoms. The van der Waals surface area contributed by atoms with Crippen LogP contribution in [0.5, 0.6) is 0 Å². The van der Waals surface area contributed by atoms with Crippen LogP contribution >= 0.6 is 11.3 Å². The van der Waals surface area contributed by atoms with Crippen LogP contribution in [0, 0.1) is 0 Å². The lowest BCUT2D eigenvalue weighted by Crippen LogP contribution is -2.14. The zero-order chi connectivity index (χ0) is 15.7. The summed E-state index contributed by atoms with van der Waals surface area (Å²) in [4.78, 5) is 8.67. The first-order valence-corrected chi connectivity index (χ1v) is 8.76. The molecule has 10 heteroatoms. The third-order valence-electron chi connectivity index (χ3n) is 2.83. The van der Waals surface area contributed by atoms with Gasteiger partial charge < -0.3 is 9.09 Å². The second-order valence-electron chi connectivity index (χ2n) is 4.76. The van der Waals surface area contributed by atoms with E-state index in [9.17, 15) is 8.42 Å². The predicted octanol–water partition coefficient (Wildman–Crippen LogP) is 2.38. The Hall–Kier alpha value is -2.20. The highest BCUT2D eigenvalue weighted by atomic mass is 32.2. The Balaban J connectivity index is 1.82. The van der Waals surface area contributed by atoms with E-state index < -0.39 is 10.0 Å². The quantitative estimate of drug-likeness (QED) is 0.765. The van der Waals surface area contributed by atoms with Crippen LogP contribution in [0.3, 0.4) is 0 Å². The molecule has 116 valence electrons. The first-order chi connectivity index (χ1) is 10.5. The van der Waals surface area contributed by atoms with E-state index in [0.29, 0.717) is 0 Å². The van der Waals surface area contributed by atoms with Crippen LogP contribution in [-0.4, -0.2) is 28.1 Å².